The first-order valence-electron chi connectivity index (χ1n) is 7.52. The largest absolute Gasteiger partial charge is 0.0693 e. The number of hydrogen-bond acceptors (Lipinski definition) is 0. The molecule has 0 N–H and O–H groups in total. The van der Waals surface area contributed by atoms with Crippen LogP contribution in [0.25, 0.3) is 22.4 Å². The van der Waals surface area contributed by atoms with E-state index in [0.29, 0.717) is 0 Å². The summed E-state index contributed by atoms with van der Waals surface area (Å²) in [5.41, 5.74) is 11.7. The third kappa shape index (κ3) is 2.19. The first-order valence-corrected chi connectivity index (χ1v) is 7.52. The molecule has 2 aromatic rings. The molecule has 0 fully saturated rings. The molecule has 0 atom stereocenters. The van der Waals surface area contributed by atoms with Crippen molar-refractivity contribution in [1.82, 2.24) is 0 Å². The number of aryl methyl sites for hydroxylation is 1. The first kappa shape index (κ1) is 14.2. The van der Waals surface area contributed by atoms with Gasteiger partial charge in [0.1, 0.15) is 0 Å². The average Bonchev–Trinajstić information content (AvgIpc) is 2.57. The van der Waals surface area contributed by atoms with Crippen molar-refractivity contribution in [3.8, 4) is 0 Å². The molecule has 0 bridgehead atoms. The molecule has 0 amide bonds. The van der Waals surface area contributed by atoms with Gasteiger partial charge in [-0.25, -0.2) is 0 Å². The lowest BCUT2D eigenvalue weighted by atomic mass is 9.82. The monoisotopic (exact) mass is 260 g/mol. The Kier molecular flexibility index (Phi) is 4.49. The number of hydrogen-bond donors (Lipinski definition) is 0. The molecule has 0 nitrogen and oxygen atoms in total. The Morgan fingerprint density at radius 1 is 1.00 bits per heavy atom. The normalized spacial score (nSPS) is 12.5. The Bertz CT molecular complexity index is 719. The van der Waals surface area contributed by atoms with E-state index in [-0.39, 0.29) is 0 Å². The maximum Gasteiger partial charge on any atom is 0.0331 e. The fourth-order valence-electron chi connectivity index (χ4n) is 2.68. The second-order valence-corrected chi connectivity index (χ2v) is 4.28. The predicted molar refractivity (Wildman–Crippen MR) is 87.5 cm³/mol. The molecule has 0 unspecified atom stereocenters. The minimum atomic E-state index is 1.07. The van der Waals surface area contributed by atoms with Crippen molar-refractivity contribution in [2.75, 3.05) is 0 Å². The van der Waals surface area contributed by atoms with E-state index in [0.717, 1.165) is 12.8 Å². The van der Waals surface area contributed by atoms with Crippen LogP contribution in [0.2, 0.25) is 0 Å². The highest BCUT2D eigenvalue weighted by Gasteiger charge is 2.19. The van der Waals surface area contributed by atoms with Crippen LogP contribution in [-0.2, 0) is 6.42 Å². The van der Waals surface area contributed by atoms with Gasteiger partial charge in [0.25, 0.3) is 0 Å². The number of allylic oxidation sites excluding steroid dienone is 1. The Hall–Kier alpha value is -2.18. The fourth-order valence-corrected chi connectivity index (χ4v) is 2.68. The minimum Gasteiger partial charge on any atom is -0.0693 e. The van der Waals surface area contributed by atoms with Gasteiger partial charge in [0.2, 0.25) is 0 Å². The summed E-state index contributed by atoms with van der Waals surface area (Å²) in [6.07, 6.45) is 4.17. The maximum atomic E-state index is 3.25. The highest BCUT2D eigenvalue weighted by molar-refractivity contribution is 6.00. The molecule has 0 spiro atoms. The van der Waals surface area contributed by atoms with E-state index in [2.05, 4.69) is 41.8 Å². The Balaban J connectivity index is 0.000000340. The van der Waals surface area contributed by atoms with Crippen LogP contribution in [0.15, 0.2) is 29.7 Å². The molecule has 0 heterocycles. The second-order valence-electron chi connectivity index (χ2n) is 4.28. The Morgan fingerprint density at radius 3 is 2.60 bits per heavy atom. The highest BCUT2D eigenvalue weighted by Crippen LogP contribution is 2.38. The van der Waals surface area contributed by atoms with Gasteiger partial charge in [-0.2, -0.15) is 0 Å². The molecule has 2 aromatic carbocycles. The van der Waals surface area contributed by atoms with Gasteiger partial charge in [0.05, 0.1) is 0 Å². The van der Waals surface area contributed by atoms with Crippen LogP contribution in [-0.4, -0.2) is 0 Å². The third-order valence-corrected chi connectivity index (χ3v) is 3.41. The standard InChI is InChI=1S/C16H8.2C2H6/c1-3-11-7-9-13-5-2-6-14-10-8-12(4-1)15(11)16(13)14;2*1-2/h3,6-7,9H,8,10H2;2*1-2H3. The summed E-state index contributed by atoms with van der Waals surface area (Å²) in [6, 6.07) is 12.6. The molecule has 100 valence electrons. The summed E-state index contributed by atoms with van der Waals surface area (Å²) in [6.45, 7) is 8.00. The van der Waals surface area contributed by atoms with Gasteiger partial charge in [-0.15, -0.1) is 0 Å². The summed E-state index contributed by atoms with van der Waals surface area (Å²) >= 11 is 0. The molecule has 0 saturated carbocycles. The zero-order chi connectivity index (χ0) is 14.5. The molecule has 4 rings (SSSR count). The van der Waals surface area contributed by atoms with Gasteiger partial charge in [0, 0.05) is 21.9 Å². The molecular weight excluding hydrogens is 240 g/mol. The van der Waals surface area contributed by atoms with Gasteiger partial charge in [0.15, 0.2) is 0 Å². The summed E-state index contributed by atoms with van der Waals surface area (Å²) in [4.78, 5) is 0. The van der Waals surface area contributed by atoms with Crippen molar-refractivity contribution in [2.24, 2.45) is 0 Å². The highest BCUT2D eigenvalue weighted by atomic mass is 14.2. The van der Waals surface area contributed by atoms with Crippen molar-refractivity contribution in [1.29, 1.82) is 0 Å². The molecule has 0 saturated heterocycles. The smallest absolute Gasteiger partial charge is 0.0331 e. The summed E-state index contributed by atoms with van der Waals surface area (Å²) in [7, 11) is 0. The lowest BCUT2D eigenvalue weighted by Gasteiger charge is -2.20. The predicted octanol–water partition coefficient (Wildman–Crippen LogP) is 5.60. The Morgan fingerprint density at radius 2 is 1.80 bits per heavy atom. The van der Waals surface area contributed by atoms with E-state index in [1.165, 1.54) is 33.0 Å². The fraction of sp³-hybridized carbons (Fsp3) is 0.300. The van der Waals surface area contributed by atoms with Gasteiger partial charge >= 0.3 is 0 Å². The molecule has 20 heavy (non-hydrogen) atoms. The van der Waals surface area contributed by atoms with Crippen molar-refractivity contribution in [3.63, 3.8) is 0 Å². The van der Waals surface area contributed by atoms with Gasteiger partial charge < -0.3 is 0 Å². The quantitative estimate of drug-likeness (QED) is 0.541. The zero-order valence-electron chi connectivity index (χ0n) is 12.7. The molecule has 0 aromatic heterocycles. The summed E-state index contributed by atoms with van der Waals surface area (Å²) < 4.78 is 0. The van der Waals surface area contributed by atoms with E-state index in [1.807, 2.05) is 33.8 Å². The average molecular weight is 260 g/mol. The van der Waals surface area contributed by atoms with E-state index in [9.17, 15) is 0 Å². The van der Waals surface area contributed by atoms with Gasteiger partial charge in [-0.05, 0) is 42.2 Å². The molecule has 2 aliphatic rings. The zero-order valence-corrected chi connectivity index (χ0v) is 12.7. The van der Waals surface area contributed by atoms with Gasteiger partial charge in [-0.3, -0.25) is 0 Å². The van der Waals surface area contributed by atoms with Crippen molar-refractivity contribution >= 4 is 22.4 Å². The third-order valence-electron chi connectivity index (χ3n) is 3.41. The van der Waals surface area contributed by atoms with Crippen LogP contribution in [0.4, 0.5) is 0 Å². The van der Waals surface area contributed by atoms with Crippen LogP contribution >= 0.6 is 0 Å². The second kappa shape index (κ2) is 6.31. The van der Waals surface area contributed by atoms with Crippen LogP contribution in [0, 0.1) is 12.1 Å². The molecular formula is C20H20. The van der Waals surface area contributed by atoms with Crippen molar-refractivity contribution < 1.29 is 0 Å². The van der Waals surface area contributed by atoms with Crippen LogP contribution in [0.5, 0.6) is 0 Å². The Labute approximate surface area is 122 Å². The van der Waals surface area contributed by atoms with Crippen molar-refractivity contribution in [3.05, 3.63) is 58.5 Å². The van der Waals surface area contributed by atoms with Crippen LogP contribution in [0.3, 0.4) is 0 Å². The molecule has 0 radical (unpaired) electrons. The van der Waals surface area contributed by atoms with E-state index in [1.54, 1.807) is 0 Å². The minimum absolute atomic E-state index is 1.07. The summed E-state index contributed by atoms with van der Waals surface area (Å²) in [5.74, 6) is 0. The topological polar surface area (TPSA) is 0 Å². The molecule has 0 heteroatoms. The molecule has 2 aliphatic carbocycles. The summed E-state index contributed by atoms with van der Waals surface area (Å²) in [5, 5.41) is 2.52. The van der Waals surface area contributed by atoms with Gasteiger partial charge in [-0.1, -0.05) is 57.4 Å². The molecule has 0 aliphatic heterocycles. The first-order chi connectivity index (χ1) is 9.93. The van der Waals surface area contributed by atoms with Crippen molar-refractivity contribution in [2.45, 2.75) is 40.5 Å². The maximum absolute atomic E-state index is 3.25. The SMILES string of the molecule is C1=C=C2CCc3cc#cc4ccc(c2c34)C=1.CC.CC. The van der Waals surface area contributed by atoms with Crippen LogP contribution < -0.4 is 0 Å². The number of rotatable bonds is 0. The lowest BCUT2D eigenvalue weighted by molar-refractivity contribution is 1.01. The van der Waals surface area contributed by atoms with Crippen LogP contribution in [0.1, 0.15) is 50.8 Å². The lowest BCUT2D eigenvalue weighted by Crippen LogP contribution is -2.02. The van der Waals surface area contributed by atoms with E-state index < -0.39 is 0 Å². The van der Waals surface area contributed by atoms with E-state index in [4.69, 9.17) is 0 Å². The number of benzene rings is 1. The van der Waals surface area contributed by atoms with E-state index >= 15 is 0 Å².